The van der Waals surface area contributed by atoms with Gasteiger partial charge in [0.1, 0.15) is 5.69 Å². The van der Waals surface area contributed by atoms with Gasteiger partial charge >= 0.3 is 5.69 Å². The van der Waals surface area contributed by atoms with Gasteiger partial charge in [-0.15, -0.1) is 17.8 Å². The van der Waals surface area contributed by atoms with Gasteiger partial charge < -0.3 is 0 Å². The minimum absolute atomic E-state index is 0.0561. The van der Waals surface area contributed by atoms with Gasteiger partial charge in [0.25, 0.3) is 5.69 Å². The lowest BCUT2D eigenvalue weighted by atomic mass is 10.2. The lowest BCUT2D eigenvalue weighted by Crippen LogP contribution is -1.98. The molecule has 22 heavy (non-hydrogen) atoms. The summed E-state index contributed by atoms with van der Waals surface area (Å²) in [7, 11) is 0. The Bertz CT molecular complexity index is 807. The summed E-state index contributed by atoms with van der Waals surface area (Å²) in [6.07, 6.45) is 6.70. The van der Waals surface area contributed by atoms with Crippen LogP contribution >= 0.6 is 11.3 Å². The predicted octanol–water partition coefficient (Wildman–Crippen LogP) is 2.99. The number of benzene rings is 1. The number of anilines is 1. The van der Waals surface area contributed by atoms with Crippen LogP contribution in [0.3, 0.4) is 0 Å². The molecule has 0 saturated heterocycles. The molecule has 110 valence electrons. The summed E-state index contributed by atoms with van der Waals surface area (Å²) < 4.78 is 0. The van der Waals surface area contributed by atoms with Crippen molar-refractivity contribution in [3.63, 3.8) is 0 Å². The second-order valence-electron chi connectivity index (χ2n) is 3.93. The van der Waals surface area contributed by atoms with E-state index in [4.69, 9.17) is 6.42 Å². The molecule has 0 aliphatic rings. The van der Waals surface area contributed by atoms with E-state index in [1.54, 1.807) is 12.1 Å². The highest BCUT2D eigenvalue weighted by Crippen LogP contribution is 2.28. The van der Waals surface area contributed by atoms with E-state index < -0.39 is 15.5 Å². The first-order valence-electron chi connectivity index (χ1n) is 5.79. The number of rotatable bonds is 5. The van der Waals surface area contributed by atoms with E-state index in [9.17, 15) is 20.2 Å². The van der Waals surface area contributed by atoms with Crippen LogP contribution in [-0.2, 0) is 0 Å². The molecule has 0 unspecified atom stereocenters. The zero-order chi connectivity index (χ0) is 16.1. The third kappa shape index (κ3) is 3.44. The van der Waals surface area contributed by atoms with Crippen LogP contribution in [0.2, 0.25) is 0 Å². The standard InChI is InChI=1S/C13H8N4O4S/c1-2-10-4-5-11(22-10)8-14-15-12-6-3-9(16(18)19)7-13(12)17(20)21/h1,3-8,15H. The van der Waals surface area contributed by atoms with Crippen molar-refractivity contribution in [1.29, 1.82) is 0 Å². The van der Waals surface area contributed by atoms with Gasteiger partial charge in [0.2, 0.25) is 0 Å². The molecular formula is C13H8N4O4S. The minimum atomic E-state index is -0.716. The average Bonchev–Trinajstić information content (AvgIpc) is 2.95. The van der Waals surface area contributed by atoms with Crippen LogP contribution in [-0.4, -0.2) is 16.1 Å². The Balaban J connectivity index is 2.20. The highest BCUT2D eigenvalue weighted by molar-refractivity contribution is 7.14. The fraction of sp³-hybridized carbons (Fsp3) is 0. The van der Waals surface area contributed by atoms with E-state index in [0.29, 0.717) is 0 Å². The monoisotopic (exact) mass is 316 g/mol. The number of hydrogen-bond acceptors (Lipinski definition) is 7. The van der Waals surface area contributed by atoms with Crippen LogP contribution < -0.4 is 5.43 Å². The quantitative estimate of drug-likeness (QED) is 0.394. The normalized spacial score (nSPS) is 10.3. The Morgan fingerprint density at radius 3 is 2.59 bits per heavy atom. The highest BCUT2D eigenvalue weighted by Gasteiger charge is 2.18. The maximum Gasteiger partial charge on any atom is 0.301 e. The number of hydrogen-bond donors (Lipinski definition) is 1. The van der Waals surface area contributed by atoms with E-state index >= 15 is 0 Å². The smallest absolute Gasteiger partial charge is 0.272 e. The van der Waals surface area contributed by atoms with Crippen molar-refractivity contribution >= 4 is 34.6 Å². The van der Waals surface area contributed by atoms with Crippen molar-refractivity contribution in [2.45, 2.75) is 0 Å². The summed E-state index contributed by atoms with van der Waals surface area (Å²) in [5.74, 6) is 2.48. The van der Waals surface area contributed by atoms with Gasteiger partial charge in [-0.1, -0.05) is 5.92 Å². The summed E-state index contributed by atoms with van der Waals surface area (Å²) in [6.45, 7) is 0. The van der Waals surface area contributed by atoms with E-state index in [1.807, 2.05) is 0 Å². The van der Waals surface area contributed by atoms with Gasteiger partial charge in [-0.3, -0.25) is 25.7 Å². The number of nitro benzene ring substituents is 2. The predicted molar refractivity (Wildman–Crippen MR) is 83.2 cm³/mol. The van der Waals surface area contributed by atoms with Crippen molar-refractivity contribution in [3.05, 3.63) is 60.3 Å². The number of non-ortho nitro benzene ring substituents is 1. The Kier molecular flexibility index (Phi) is 4.45. The molecule has 0 spiro atoms. The first-order chi connectivity index (χ1) is 10.5. The zero-order valence-electron chi connectivity index (χ0n) is 10.9. The Hall–Kier alpha value is -3.25. The maximum atomic E-state index is 10.9. The molecule has 0 saturated carbocycles. The van der Waals surface area contributed by atoms with E-state index in [2.05, 4.69) is 16.4 Å². The number of nitro groups is 2. The van der Waals surface area contributed by atoms with Crippen LogP contribution in [0.5, 0.6) is 0 Å². The van der Waals surface area contributed by atoms with Crippen molar-refractivity contribution in [2.24, 2.45) is 5.10 Å². The summed E-state index contributed by atoms with van der Waals surface area (Å²) in [6, 6.07) is 6.77. The third-order valence-corrected chi connectivity index (χ3v) is 3.49. The molecule has 2 aromatic rings. The van der Waals surface area contributed by atoms with E-state index in [0.717, 1.165) is 21.9 Å². The molecule has 9 heteroatoms. The number of terminal acetylenes is 1. The number of nitrogens with one attached hydrogen (secondary N) is 1. The van der Waals surface area contributed by atoms with Gasteiger partial charge in [0, 0.05) is 10.9 Å². The molecule has 1 N–H and O–H groups in total. The second-order valence-corrected chi connectivity index (χ2v) is 5.05. The summed E-state index contributed by atoms with van der Waals surface area (Å²) >= 11 is 1.34. The van der Waals surface area contributed by atoms with Crippen molar-refractivity contribution < 1.29 is 9.85 Å². The average molecular weight is 316 g/mol. The zero-order valence-corrected chi connectivity index (χ0v) is 11.7. The fourth-order valence-corrected chi connectivity index (χ4v) is 2.23. The van der Waals surface area contributed by atoms with Crippen molar-refractivity contribution in [3.8, 4) is 12.3 Å². The molecule has 0 bridgehead atoms. The first kappa shape index (κ1) is 15.1. The molecule has 0 aliphatic heterocycles. The Morgan fingerprint density at radius 2 is 2.00 bits per heavy atom. The van der Waals surface area contributed by atoms with E-state index in [1.165, 1.54) is 23.6 Å². The van der Waals surface area contributed by atoms with Gasteiger partial charge in [0.05, 0.1) is 27.0 Å². The lowest BCUT2D eigenvalue weighted by Gasteiger charge is -2.01. The van der Waals surface area contributed by atoms with Crippen LogP contribution in [0.25, 0.3) is 0 Å². The minimum Gasteiger partial charge on any atom is -0.272 e. The van der Waals surface area contributed by atoms with Crippen LogP contribution in [0.15, 0.2) is 35.4 Å². The van der Waals surface area contributed by atoms with Gasteiger partial charge in [0.15, 0.2) is 0 Å². The van der Waals surface area contributed by atoms with Crippen LogP contribution in [0.4, 0.5) is 17.1 Å². The van der Waals surface area contributed by atoms with Crippen molar-refractivity contribution in [2.75, 3.05) is 5.43 Å². The molecular weight excluding hydrogens is 308 g/mol. The molecule has 0 amide bonds. The lowest BCUT2D eigenvalue weighted by molar-refractivity contribution is -0.393. The molecule has 0 radical (unpaired) electrons. The number of thiophene rings is 1. The van der Waals surface area contributed by atoms with Crippen LogP contribution in [0.1, 0.15) is 9.75 Å². The molecule has 0 atom stereocenters. The topological polar surface area (TPSA) is 111 Å². The molecule has 0 aliphatic carbocycles. The van der Waals surface area contributed by atoms with Crippen molar-refractivity contribution in [1.82, 2.24) is 0 Å². The van der Waals surface area contributed by atoms with E-state index in [-0.39, 0.29) is 11.4 Å². The fourth-order valence-electron chi connectivity index (χ4n) is 1.54. The summed E-state index contributed by atoms with van der Waals surface area (Å²) in [5, 5.41) is 25.4. The first-order valence-corrected chi connectivity index (χ1v) is 6.61. The Morgan fingerprint density at radius 1 is 1.23 bits per heavy atom. The summed E-state index contributed by atoms with van der Waals surface area (Å²) in [5.41, 5.74) is 1.76. The number of hydrazone groups is 1. The molecule has 8 nitrogen and oxygen atoms in total. The largest absolute Gasteiger partial charge is 0.301 e. The molecule has 1 aromatic heterocycles. The summed E-state index contributed by atoms with van der Waals surface area (Å²) in [4.78, 5) is 21.7. The van der Waals surface area contributed by atoms with Crippen LogP contribution in [0, 0.1) is 32.6 Å². The van der Waals surface area contributed by atoms with Gasteiger partial charge in [-0.25, -0.2) is 0 Å². The maximum absolute atomic E-state index is 10.9. The number of nitrogens with zero attached hydrogens (tertiary/aromatic N) is 3. The molecule has 2 rings (SSSR count). The molecule has 0 fully saturated rings. The molecule has 1 aromatic carbocycles. The van der Waals surface area contributed by atoms with Gasteiger partial charge in [-0.05, 0) is 18.2 Å². The molecule has 1 heterocycles. The SMILES string of the molecule is C#Cc1ccc(C=NNc2ccc([N+](=O)[O-])cc2[N+](=O)[O-])s1. The Labute approximate surface area is 128 Å². The highest BCUT2D eigenvalue weighted by atomic mass is 32.1. The second kappa shape index (κ2) is 6.47. The third-order valence-electron chi connectivity index (χ3n) is 2.53. The van der Waals surface area contributed by atoms with Gasteiger partial charge in [-0.2, -0.15) is 5.10 Å².